The molecule has 0 aliphatic carbocycles. The molecule has 0 bridgehead atoms. The second-order valence-corrected chi connectivity index (χ2v) is 10.7. The van der Waals surface area contributed by atoms with Crippen LogP contribution in [0, 0.1) is 10.1 Å². The number of hydrogen-bond acceptors (Lipinski definition) is 8. The van der Waals surface area contributed by atoms with Crippen molar-refractivity contribution < 1.29 is 27.7 Å². The summed E-state index contributed by atoms with van der Waals surface area (Å²) in [5.74, 6) is -1.31. The zero-order valence-electron chi connectivity index (χ0n) is 19.6. The second kappa shape index (κ2) is 10.3. The predicted molar refractivity (Wildman–Crippen MR) is 137 cm³/mol. The number of hydrogen-bond donors (Lipinski definition) is 0. The van der Waals surface area contributed by atoms with Crippen LogP contribution in [-0.4, -0.2) is 43.9 Å². The number of nitro groups is 1. The smallest absolute Gasteiger partial charge is 0.325 e. The van der Waals surface area contributed by atoms with Gasteiger partial charge in [-0.3, -0.25) is 24.0 Å². The molecule has 11 nitrogen and oxygen atoms in total. The molecule has 13 heteroatoms. The van der Waals surface area contributed by atoms with E-state index in [1.54, 1.807) is 30.3 Å². The van der Waals surface area contributed by atoms with Gasteiger partial charge in [0.2, 0.25) is 0 Å². The molecule has 190 valence electrons. The molecular weight excluding hydrogens is 520 g/mol. The van der Waals surface area contributed by atoms with Crippen molar-refractivity contribution in [2.75, 3.05) is 18.5 Å². The number of nitro benzene ring substituents is 1. The summed E-state index contributed by atoms with van der Waals surface area (Å²) in [7, 11) is -1.23. The molecule has 0 spiro atoms. The van der Waals surface area contributed by atoms with Gasteiger partial charge in [-0.05, 0) is 42.5 Å². The lowest BCUT2D eigenvalue weighted by atomic mass is 10.2. The lowest BCUT2D eigenvalue weighted by molar-refractivity contribution is -0.384. The first kappa shape index (κ1) is 25.7. The minimum Gasteiger partial charge on any atom is -0.468 e. The molecule has 1 aromatic heterocycles. The fourth-order valence-corrected chi connectivity index (χ4v) is 5.66. The van der Waals surface area contributed by atoms with Gasteiger partial charge in [-0.25, -0.2) is 8.42 Å². The van der Waals surface area contributed by atoms with Gasteiger partial charge in [0, 0.05) is 24.7 Å². The Balaban J connectivity index is 1.70. The predicted octanol–water partition coefficient (Wildman–Crippen LogP) is 3.35. The highest BCUT2D eigenvalue weighted by Gasteiger charge is 2.22. The van der Waals surface area contributed by atoms with Crippen LogP contribution in [0.2, 0.25) is 0 Å². The van der Waals surface area contributed by atoms with Crippen molar-refractivity contribution in [3.8, 4) is 0 Å². The largest absolute Gasteiger partial charge is 0.468 e. The van der Waals surface area contributed by atoms with E-state index in [9.17, 15) is 28.1 Å². The number of aromatic nitrogens is 1. The molecule has 1 heterocycles. The highest BCUT2D eigenvalue weighted by Crippen LogP contribution is 2.24. The highest BCUT2D eigenvalue weighted by atomic mass is 32.2. The van der Waals surface area contributed by atoms with E-state index in [1.807, 2.05) is 0 Å². The summed E-state index contributed by atoms with van der Waals surface area (Å²) in [6.07, 6.45) is 0. The third kappa shape index (κ3) is 5.27. The Morgan fingerprint density at radius 1 is 1.08 bits per heavy atom. The molecule has 0 atom stereocenters. The molecular formula is C24H20N4O7S2. The van der Waals surface area contributed by atoms with Gasteiger partial charge < -0.3 is 9.30 Å². The Morgan fingerprint density at radius 3 is 2.38 bits per heavy atom. The Morgan fingerprint density at radius 2 is 1.76 bits per heavy atom. The van der Waals surface area contributed by atoms with Crippen LogP contribution in [0.15, 0.2) is 82.7 Å². The minimum absolute atomic E-state index is 0.00895. The summed E-state index contributed by atoms with van der Waals surface area (Å²) >= 11 is 1.07. The molecule has 3 aromatic carbocycles. The normalized spacial score (nSPS) is 11.9. The third-order valence-corrected chi connectivity index (χ3v) is 8.33. The Kier molecular flexibility index (Phi) is 7.18. The number of para-hydroxylation sites is 1. The van der Waals surface area contributed by atoms with Crippen molar-refractivity contribution in [3.05, 3.63) is 93.3 Å². The summed E-state index contributed by atoms with van der Waals surface area (Å²) < 4.78 is 33.8. The highest BCUT2D eigenvalue weighted by molar-refractivity contribution is 7.92. The van der Waals surface area contributed by atoms with Crippen molar-refractivity contribution in [2.24, 2.45) is 4.99 Å². The maximum atomic E-state index is 13.0. The number of thiazole rings is 1. The maximum absolute atomic E-state index is 13.0. The third-order valence-electron chi connectivity index (χ3n) is 5.47. The first-order valence-electron chi connectivity index (χ1n) is 10.7. The van der Waals surface area contributed by atoms with Gasteiger partial charge in [0.25, 0.3) is 21.6 Å². The van der Waals surface area contributed by atoms with E-state index in [2.05, 4.69) is 4.99 Å². The monoisotopic (exact) mass is 540 g/mol. The number of benzene rings is 3. The number of fused-ring (bicyclic) bond motifs is 1. The van der Waals surface area contributed by atoms with Gasteiger partial charge in [0.05, 0.1) is 32.8 Å². The number of nitrogens with zero attached hydrogens (tertiary/aromatic N) is 4. The molecule has 0 unspecified atom stereocenters. The van der Waals surface area contributed by atoms with Gasteiger partial charge in [-0.15, -0.1) is 0 Å². The van der Waals surface area contributed by atoms with Crippen molar-refractivity contribution in [2.45, 2.75) is 11.4 Å². The molecule has 37 heavy (non-hydrogen) atoms. The number of rotatable bonds is 7. The van der Waals surface area contributed by atoms with Crippen LogP contribution in [0.4, 0.5) is 11.4 Å². The average Bonchev–Trinajstić information content (AvgIpc) is 3.24. The van der Waals surface area contributed by atoms with Crippen LogP contribution in [0.25, 0.3) is 10.2 Å². The molecule has 0 aliphatic heterocycles. The van der Waals surface area contributed by atoms with Gasteiger partial charge >= 0.3 is 5.97 Å². The number of ether oxygens (including phenoxy) is 1. The first-order valence-corrected chi connectivity index (χ1v) is 12.9. The van der Waals surface area contributed by atoms with Crippen LogP contribution >= 0.6 is 11.3 Å². The molecule has 0 fully saturated rings. The number of sulfonamides is 1. The number of esters is 1. The number of methoxy groups -OCH3 is 1. The summed E-state index contributed by atoms with van der Waals surface area (Å²) in [5, 5.41) is 11.2. The fraction of sp³-hybridized carbons (Fsp3) is 0.125. The number of carbonyl (C=O) groups is 2. The molecule has 4 rings (SSSR count). The second-order valence-electron chi connectivity index (χ2n) is 7.71. The van der Waals surface area contributed by atoms with E-state index in [4.69, 9.17) is 4.74 Å². The number of amides is 1. The van der Waals surface area contributed by atoms with Crippen molar-refractivity contribution in [1.82, 2.24) is 4.57 Å². The van der Waals surface area contributed by atoms with Gasteiger partial charge in [-0.2, -0.15) is 4.99 Å². The molecule has 4 aromatic rings. The summed E-state index contributed by atoms with van der Waals surface area (Å²) in [6, 6.07) is 18.0. The zero-order valence-corrected chi connectivity index (χ0v) is 21.2. The van der Waals surface area contributed by atoms with Crippen molar-refractivity contribution in [1.29, 1.82) is 0 Å². The molecule has 0 saturated heterocycles. The SMILES string of the molecule is COC(=O)Cn1c(=NC(=O)c2ccc(S(=O)(=O)N(C)c3ccccc3)cc2)sc2ccc([N+](=O)[O-])cc21. The van der Waals surface area contributed by atoms with Gasteiger partial charge in [-0.1, -0.05) is 29.5 Å². The van der Waals surface area contributed by atoms with Crippen LogP contribution in [0.1, 0.15) is 10.4 Å². The van der Waals surface area contributed by atoms with Crippen LogP contribution in [-0.2, 0) is 26.1 Å². The molecule has 0 radical (unpaired) electrons. The minimum atomic E-state index is -3.86. The van der Waals surface area contributed by atoms with Gasteiger partial charge in [0.1, 0.15) is 6.54 Å². The van der Waals surface area contributed by atoms with Gasteiger partial charge in [0.15, 0.2) is 4.80 Å². The van der Waals surface area contributed by atoms with E-state index in [-0.39, 0.29) is 27.5 Å². The molecule has 0 aliphatic rings. The van der Waals surface area contributed by atoms with Crippen molar-refractivity contribution >= 4 is 54.8 Å². The zero-order chi connectivity index (χ0) is 26.7. The van der Waals surface area contributed by atoms with E-state index < -0.39 is 26.8 Å². The Hall–Kier alpha value is -4.36. The van der Waals surface area contributed by atoms with E-state index in [1.165, 1.54) is 61.2 Å². The van der Waals surface area contributed by atoms with Crippen molar-refractivity contribution in [3.63, 3.8) is 0 Å². The molecule has 0 saturated carbocycles. The number of anilines is 1. The number of non-ortho nitro benzene ring substituents is 1. The van der Waals surface area contributed by atoms with Crippen LogP contribution < -0.4 is 9.11 Å². The Bertz CT molecular complexity index is 1680. The van der Waals surface area contributed by atoms with E-state index in [0.29, 0.717) is 15.9 Å². The average molecular weight is 541 g/mol. The van der Waals surface area contributed by atoms with E-state index >= 15 is 0 Å². The lowest BCUT2D eigenvalue weighted by Gasteiger charge is -2.19. The molecule has 1 amide bonds. The maximum Gasteiger partial charge on any atom is 0.325 e. The lowest BCUT2D eigenvalue weighted by Crippen LogP contribution is -2.26. The standard InChI is InChI=1S/C24H20N4O7S2/c1-26(17-6-4-3-5-7-17)37(33,34)19-11-8-16(9-12-19)23(30)25-24-27(15-22(29)35-2)20-14-18(28(31)32)10-13-21(20)36-24/h3-14H,15H2,1-2H3. The van der Waals surface area contributed by atoms with Crippen LogP contribution in [0.5, 0.6) is 0 Å². The number of carbonyl (C=O) groups excluding carboxylic acids is 2. The first-order chi connectivity index (χ1) is 17.6. The molecule has 0 N–H and O–H groups in total. The Labute approximate surface area is 215 Å². The van der Waals surface area contributed by atoms with E-state index in [0.717, 1.165) is 15.6 Å². The topological polar surface area (TPSA) is 141 Å². The summed E-state index contributed by atoms with van der Waals surface area (Å²) in [5.41, 5.74) is 0.771. The quantitative estimate of drug-likeness (QED) is 0.199. The summed E-state index contributed by atoms with van der Waals surface area (Å²) in [6.45, 7) is -0.313. The summed E-state index contributed by atoms with van der Waals surface area (Å²) in [4.78, 5) is 39.8. The fourth-order valence-electron chi connectivity index (χ4n) is 3.46. The van der Waals surface area contributed by atoms with Crippen LogP contribution in [0.3, 0.4) is 0 Å².